The Kier molecular flexibility index (Phi) is 8.73. The molecule has 0 bridgehead atoms. The molecule has 2 fully saturated rings. The predicted octanol–water partition coefficient (Wildman–Crippen LogP) is 2.58. The van der Waals surface area contributed by atoms with Crippen LogP contribution in [-0.4, -0.2) is 79.8 Å². The van der Waals surface area contributed by atoms with E-state index in [-0.39, 0.29) is 23.4 Å². The number of hydroxylamine groups is 1. The van der Waals surface area contributed by atoms with E-state index in [2.05, 4.69) is 5.48 Å². The number of carbonyl (C=O) groups excluding carboxylic acids is 1. The number of carbonyl (C=O) groups is 1. The maximum atomic E-state index is 13.2. The molecule has 10 heteroatoms. The van der Waals surface area contributed by atoms with Gasteiger partial charge in [-0.15, -0.1) is 0 Å². The fourth-order valence-electron chi connectivity index (χ4n) is 4.85. The third-order valence-corrected chi connectivity index (χ3v) is 8.95. The van der Waals surface area contributed by atoms with Gasteiger partial charge in [0.15, 0.2) is 0 Å². The number of hydrogen-bond donors (Lipinski definition) is 2. The molecule has 36 heavy (non-hydrogen) atoms. The first-order valence-electron chi connectivity index (χ1n) is 12.3. The third kappa shape index (κ3) is 6.70. The van der Waals surface area contributed by atoms with Crippen LogP contribution in [0.3, 0.4) is 0 Å². The molecule has 2 aromatic rings. The fraction of sp³-hybridized carbons (Fsp3) is 0.423. The number of amides is 1. The molecule has 0 aromatic heterocycles. The minimum atomic E-state index is -3.59. The van der Waals surface area contributed by atoms with Crippen LogP contribution in [0.15, 0.2) is 60.7 Å². The van der Waals surface area contributed by atoms with Crippen molar-refractivity contribution in [1.29, 1.82) is 0 Å². The molecule has 0 saturated carbocycles. The maximum Gasteiger partial charge on any atom is 0.246 e. The van der Waals surface area contributed by atoms with Gasteiger partial charge in [-0.1, -0.05) is 30.3 Å². The molecular formula is C26H33FN4O4S. The van der Waals surface area contributed by atoms with Crippen molar-refractivity contribution < 1.29 is 22.8 Å². The molecule has 0 aliphatic carbocycles. The molecule has 1 unspecified atom stereocenters. The highest BCUT2D eigenvalue weighted by Crippen LogP contribution is 2.24. The summed E-state index contributed by atoms with van der Waals surface area (Å²) < 4.78 is 40.9. The van der Waals surface area contributed by atoms with Crippen LogP contribution in [0.1, 0.15) is 18.4 Å². The first-order chi connectivity index (χ1) is 17.4. The number of hydrogen-bond acceptors (Lipinski definition) is 6. The summed E-state index contributed by atoms with van der Waals surface area (Å²) >= 11 is 0. The standard InChI is InChI=1S/C26H33FN4O4S/c27-23-7-9-24(10-8-23)29-16-18-31(19-17-29)36(34,35)20-25(28-33)22-12-14-30(15-13-22)26(32)11-6-21-4-2-1-3-5-21/h1-11,22,25,28,33H,12-20H2. The van der Waals surface area contributed by atoms with Crippen LogP contribution in [0.5, 0.6) is 0 Å². The Morgan fingerprint density at radius 2 is 1.64 bits per heavy atom. The Morgan fingerprint density at radius 3 is 2.25 bits per heavy atom. The van der Waals surface area contributed by atoms with Crippen molar-refractivity contribution in [3.05, 3.63) is 72.1 Å². The van der Waals surface area contributed by atoms with E-state index in [4.69, 9.17) is 0 Å². The summed E-state index contributed by atoms with van der Waals surface area (Å²) in [5.41, 5.74) is 4.05. The van der Waals surface area contributed by atoms with Gasteiger partial charge in [0.25, 0.3) is 0 Å². The number of nitrogens with zero attached hydrogens (tertiary/aromatic N) is 3. The van der Waals surface area contributed by atoms with Crippen LogP contribution < -0.4 is 10.4 Å². The van der Waals surface area contributed by atoms with Crippen LogP contribution >= 0.6 is 0 Å². The van der Waals surface area contributed by atoms with Crippen molar-refractivity contribution >= 4 is 27.7 Å². The topological polar surface area (TPSA) is 93.2 Å². The molecule has 1 amide bonds. The van der Waals surface area contributed by atoms with Gasteiger partial charge in [-0.3, -0.25) is 4.79 Å². The number of nitrogens with one attached hydrogen (secondary N) is 1. The molecule has 2 aliphatic heterocycles. The molecular weight excluding hydrogens is 483 g/mol. The molecule has 194 valence electrons. The lowest BCUT2D eigenvalue weighted by Gasteiger charge is -2.38. The zero-order valence-electron chi connectivity index (χ0n) is 20.2. The van der Waals surface area contributed by atoms with Crippen molar-refractivity contribution in [2.24, 2.45) is 5.92 Å². The van der Waals surface area contributed by atoms with Gasteiger partial charge in [0.1, 0.15) is 5.82 Å². The Bertz CT molecular complexity index is 1130. The monoisotopic (exact) mass is 516 g/mol. The number of benzene rings is 2. The Hall–Kier alpha value is -2.79. The second-order valence-corrected chi connectivity index (χ2v) is 11.3. The summed E-state index contributed by atoms with van der Waals surface area (Å²) in [6.07, 6.45) is 4.57. The van der Waals surface area contributed by atoms with Gasteiger partial charge in [0.2, 0.25) is 15.9 Å². The summed E-state index contributed by atoms with van der Waals surface area (Å²) in [6.45, 7) is 2.71. The van der Waals surface area contributed by atoms with E-state index in [1.165, 1.54) is 16.4 Å². The number of likely N-dealkylation sites (tertiary alicyclic amines) is 1. The van der Waals surface area contributed by atoms with Crippen molar-refractivity contribution in [1.82, 2.24) is 14.7 Å². The fourth-order valence-corrected chi connectivity index (χ4v) is 6.58. The van der Waals surface area contributed by atoms with E-state index in [0.29, 0.717) is 52.1 Å². The quantitative estimate of drug-likeness (QED) is 0.414. The summed E-state index contributed by atoms with van der Waals surface area (Å²) in [7, 11) is -3.59. The molecule has 0 spiro atoms. The smallest absolute Gasteiger partial charge is 0.246 e. The summed E-state index contributed by atoms with van der Waals surface area (Å²) in [5, 5.41) is 9.77. The van der Waals surface area contributed by atoms with Gasteiger partial charge in [0.05, 0.1) is 11.8 Å². The Balaban J connectivity index is 1.27. The highest BCUT2D eigenvalue weighted by atomic mass is 32.2. The third-order valence-electron chi connectivity index (χ3n) is 7.02. The van der Waals surface area contributed by atoms with Gasteiger partial charge in [-0.25, -0.2) is 18.3 Å². The predicted molar refractivity (Wildman–Crippen MR) is 137 cm³/mol. The minimum Gasteiger partial charge on any atom is -0.369 e. The first-order valence-corrected chi connectivity index (χ1v) is 13.9. The second-order valence-electron chi connectivity index (χ2n) is 9.28. The molecule has 2 aromatic carbocycles. The highest BCUT2D eigenvalue weighted by molar-refractivity contribution is 7.89. The SMILES string of the molecule is O=C(C=Cc1ccccc1)N1CCC(C(CS(=O)(=O)N2CCN(c3ccc(F)cc3)CC2)NO)CC1. The number of anilines is 1. The van der Waals surface area contributed by atoms with Crippen molar-refractivity contribution in [2.45, 2.75) is 18.9 Å². The van der Waals surface area contributed by atoms with Gasteiger partial charge < -0.3 is 15.0 Å². The number of piperazine rings is 1. The average molecular weight is 517 g/mol. The van der Waals surface area contributed by atoms with Crippen LogP contribution in [0.2, 0.25) is 0 Å². The maximum absolute atomic E-state index is 13.2. The lowest BCUT2D eigenvalue weighted by atomic mass is 9.90. The first kappa shape index (κ1) is 26.3. The Morgan fingerprint density at radius 1 is 1.00 bits per heavy atom. The van der Waals surface area contributed by atoms with Crippen LogP contribution in [0.25, 0.3) is 6.08 Å². The summed E-state index contributed by atoms with van der Waals surface area (Å²) in [6, 6.07) is 15.2. The van der Waals surface area contributed by atoms with E-state index < -0.39 is 16.1 Å². The second kappa shape index (κ2) is 12.0. The lowest BCUT2D eigenvalue weighted by molar-refractivity contribution is -0.127. The molecule has 2 aliphatic rings. The average Bonchev–Trinajstić information content (AvgIpc) is 2.91. The molecule has 2 N–H and O–H groups in total. The van der Waals surface area contributed by atoms with E-state index in [0.717, 1.165) is 11.3 Å². The number of piperidine rings is 1. The van der Waals surface area contributed by atoms with Gasteiger partial charge in [-0.2, -0.15) is 4.31 Å². The molecule has 4 rings (SSSR count). The molecule has 2 heterocycles. The van der Waals surface area contributed by atoms with Crippen LogP contribution in [0, 0.1) is 11.7 Å². The highest BCUT2D eigenvalue weighted by Gasteiger charge is 2.34. The van der Waals surface area contributed by atoms with Crippen molar-refractivity contribution in [3.8, 4) is 0 Å². The zero-order valence-corrected chi connectivity index (χ0v) is 21.0. The normalized spacial score (nSPS) is 19.1. The molecule has 2 saturated heterocycles. The van der Waals surface area contributed by atoms with Gasteiger partial charge >= 0.3 is 0 Å². The van der Waals surface area contributed by atoms with Crippen molar-refractivity contribution in [3.63, 3.8) is 0 Å². The van der Waals surface area contributed by atoms with E-state index in [1.54, 1.807) is 29.2 Å². The van der Waals surface area contributed by atoms with Crippen LogP contribution in [0.4, 0.5) is 10.1 Å². The van der Waals surface area contributed by atoms with E-state index in [9.17, 15) is 22.8 Å². The lowest BCUT2D eigenvalue weighted by Crippen LogP contribution is -2.53. The molecule has 8 nitrogen and oxygen atoms in total. The summed E-state index contributed by atoms with van der Waals surface area (Å²) in [4.78, 5) is 16.3. The minimum absolute atomic E-state index is 0.0626. The summed E-state index contributed by atoms with van der Waals surface area (Å²) in [5.74, 6) is -0.640. The van der Waals surface area contributed by atoms with Gasteiger partial charge in [0, 0.05) is 51.0 Å². The van der Waals surface area contributed by atoms with E-state index in [1.807, 2.05) is 35.2 Å². The number of rotatable bonds is 8. The van der Waals surface area contributed by atoms with E-state index >= 15 is 0 Å². The largest absolute Gasteiger partial charge is 0.369 e. The number of sulfonamides is 1. The zero-order chi connectivity index (χ0) is 25.5. The van der Waals surface area contributed by atoms with Crippen LogP contribution in [-0.2, 0) is 14.8 Å². The Labute approximate surface area is 212 Å². The van der Waals surface area contributed by atoms with Crippen molar-refractivity contribution in [2.75, 3.05) is 49.9 Å². The van der Waals surface area contributed by atoms with Gasteiger partial charge in [-0.05, 0) is 54.7 Å². The molecule has 1 atom stereocenters. The number of halogens is 1. The molecule has 0 radical (unpaired) electrons.